The fourth-order valence-corrected chi connectivity index (χ4v) is 3.90. The fraction of sp³-hybridized carbons (Fsp3) is 0.500. The summed E-state index contributed by atoms with van der Waals surface area (Å²) in [5.74, 6) is 0.480. The number of amides is 1. The molecule has 146 valence electrons. The van der Waals surface area contributed by atoms with Crippen LogP contribution in [0.4, 0.5) is 0 Å². The van der Waals surface area contributed by atoms with Crippen molar-refractivity contribution in [3.05, 3.63) is 46.2 Å². The van der Waals surface area contributed by atoms with Crippen LogP contribution in [0, 0.1) is 12.3 Å². The number of hydrogen-bond acceptors (Lipinski definition) is 3. The smallest absolute Gasteiger partial charge is 0.257 e. The Morgan fingerprint density at radius 3 is 2.74 bits per heavy atom. The highest BCUT2D eigenvalue weighted by molar-refractivity contribution is 6.31. The first-order valence-corrected chi connectivity index (χ1v) is 9.63. The van der Waals surface area contributed by atoms with Crippen molar-refractivity contribution in [2.24, 2.45) is 11.1 Å². The first-order chi connectivity index (χ1) is 12.4. The van der Waals surface area contributed by atoms with Gasteiger partial charge in [-0.25, -0.2) is 4.68 Å². The largest absolute Gasteiger partial charge is 0.338 e. The zero-order chi connectivity index (χ0) is 18.5. The van der Waals surface area contributed by atoms with Gasteiger partial charge >= 0.3 is 0 Å². The van der Waals surface area contributed by atoms with Crippen molar-refractivity contribution >= 4 is 29.9 Å². The first kappa shape index (κ1) is 20.2. The molecule has 1 aromatic heterocycles. The molecule has 1 atom stereocenters. The molecule has 2 fully saturated rings. The number of nitrogens with zero attached hydrogens (tertiary/aromatic N) is 3. The van der Waals surface area contributed by atoms with Gasteiger partial charge in [0.25, 0.3) is 5.91 Å². The van der Waals surface area contributed by atoms with Gasteiger partial charge in [-0.3, -0.25) is 4.79 Å². The van der Waals surface area contributed by atoms with Crippen LogP contribution in [0.1, 0.15) is 53.7 Å². The van der Waals surface area contributed by atoms with Crippen LogP contribution >= 0.6 is 24.0 Å². The molecule has 2 N–H and O–H groups in total. The highest BCUT2D eigenvalue weighted by Crippen LogP contribution is 2.43. The highest BCUT2D eigenvalue weighted by Gasteiger charge is 2.39. The first-order valence-electron chi connectivity index (χ1n) is 9.26. The van der Waals surface area contributed by atoms with Crippen molar-refractivity contribution in [1.29, 1.82) is 0 Å². The molecule has 4 rings (SSSR count). The summed E-state index contributed by atoms with van der Waals surface area (Å²) >= 11 is 6.30. The minimum atomic E-state index is 0. The summed E-state index contributed by atoms with van der Waals surface area (Å²) in [6, 6.07) is 5.92. The van der Waals surface area contributed by atoms with Crippen LogP contribution in [0.25, 0.3) is 5.69 Å². The Labute approximate surface area is 171 Å². The molecular weight excluding hydrogens is 383 g/mol. The number of likely N-dealkylation sites (tertiary alicyclic amines) is 1. The van der Waals surface area contributed by atoms with E-state index in [4.69, 9.17) is 17.3 Å². The van der Waals surface area contributed by atoms with E-state index in [1.807, 2.05) is 34.7 Å². The van der Waals surface area contributed by atoms with Gasteiger partial charge in [-0.15, -0.1) is 12.4 Å². The van der Waals surface area contributed by atoms with Crippen LogP contribution < -0.4 is 5.73 Å². The minimum absolute atomic E-state index is 0. The van der Waals surface area contributed by atoms with E-state index in [1.54, 1.807) is 6.20 Å². The van der Waals surface area contributed by atoms with E-state index in [1.165, 1.54) is 0 Å². The van der Waals surface area contributed by atoms with E-state index >= 15 is 0 Å². The SMILES string of the molecule is Cc1ccc(-n2ncc(C(=O)N3CCC(C)(CN)C3)c2C2CC2)cc1Cl.Cl. The lowest BCUT2D eigenvalue weighted by atomic mass is 9.90. The average Bonchev–Trinajstić information content (AvgIpc) is 3.25. The molecule has 1 aliphatic carbocycles. The molecule has 1 aliphatic heterocycles. The van der Waals surface area contributed by atoms with E-state index in [0.29, 0.717) is 24.0 Å². The third-order valence-electron chi connectivity index (χ3n) is 5.74. The topological polar surface area (TPSA) is 64.2 Å². The van der Waals surface area contributed by atoms with Crippen LogP contribution in [0.15, 0.2) is 24.4 Å². The maximum absolute atomic E-state index is 13.2. The third kappa shape index (κ3) is 3.73. The third-order valence-corrected chi connectivity index (χ3v) is 6.15. The zero-order valence-electron chi connectivity index (χ0n) is 15.7. The summed E-state index contributed by atoms with van der Waals surface area (Å²) in [7, 11) is 0. The van der Waals surface area contributed by atoms with Crippen molar-refractivity contribution < 1.29 is 4.79 Å². The number of halogens is 2. The molecule has 2 aromatic rings. The second-order valence-electron chi connectivity index (χ2n) is 8.05. The Balaban J connectivity index is 0.00000210. The van der Waals surface area contributed by atoms with Gasteiger partial charge < -0.3 is 10.6 Å². The summed E-state index contributed by atoms with van der Waals surface area (Å²) in [6.45, 7) is 6.22. The molecule has 5 nitrogen and oxygen atoms in total. The summed E-state index contributed by atoms with van der Waals surface area (Å²) in [5.41, 5.74) is 9.62. The Kier molecular flexibility index (Phi) is 5.57. The van der Waals surface area contributed by atoms with Gasteiger partial charge in [0.1, 0.15) is 0 Å². The van der Waals surface area contributed by atoms with Crippen LogP contribution in [0.2, 0.25) is 5.02 Å². The molecule has 0 radical (unpaired) electrons. The molecule has 0 spiro atoms. The molecule has 2 heterocycles. The number of benzene rings is 1. The van der Waals surface area contributed by atoms with Crippen LogP contribution in [-0.2, 0) is 0 Å². The van der Waals surface area contributed by atoms with E-state index in [-0.39, 0.29) is 23.7 Å². The highest BCUT2D eigenvalue weighted by atomic mass is 35.5. The Hall–Kier alpha value is -1.56. The van der Waals surface area contributed by atoms with Gasteiger partial charge in [0, 0.05) is 24.0 Å². The molecule has 27 heavy (non-hydrogen) atoms. The number of carbonyl (C=O) groups is 1. The van der Waals surface area contributed by atoms with Crippen LogP contribution in [0.3, 0.4) is 0 Å². The lowest BCUT2D eigenvalue weighted by Gasteiger charge is -2.22. The monoisotopic (exact) mass is 408 g/mol. The van der Waals surface area contributed by atoms with Gasteiger partial charge in [-0.2, -0.15) is 5.10 Å². The molecule has 7 heteroatoms. The Bertz CT molecular complexity index is 862. The number of aryl methyl sites for hydroxylation is 1. The lowest BCUT2D eigenvalue weighted by Crippen LogP contribution is -2.34. The molecule has 1 unspecified atom stereocenters. The number of carbonyl (C=O) groups excluding carboxylic acids is 1. The Morgan fingerprint density at radius 1 is 1.41 bits per heavy atom. The molecule has 1 aromatic carbocycles. The second kappa shape index (κ2) is 7.46. The summed E-state index contributed by atoms with van der Waals surface area (Å²) in [6.07, 6.45) is 4.88. The zero-order valence-corrected chi connectivity index (χ0v) is 17.3. The average molecular weight is 409 g/mol. The van der Waals surface area contributed by atoms with Gasteiger partial charge in [0.15, 0.2) is 0 Å². The normalized spacial score (nSPS) is 22.0. The number of rotatable bonds is 4. The van der Waals surface area contributed by atoms with Crippen LogP contribution in [0.5, 0.6) is 0 Å². The van der Waals surface area contributed by atoms with Crippen LogP contribution in [-0.4, -0.2) is 40.2 Å². The second-order valence-corrected chi connectivity index (χ2v) is 8.46. The standard InChI is InChI=1S/C20H25ClN4O.ClH/c1-13-3-6-15(9-17(13)21)25-18(14-4-5-14)16(10-23-25)19(26)24-8-7-20(2,11-22)12-24;/h3,6,9-10,14H,4-5,7-8,11-12,22H2,1-2H3;1H. The maximum Gasteiger partial charge on any atom is 0.257 e. The van der Waals surface area contributed by atoms with Gasteiger partial charge in [0.2, 0.25) is 0 Å². The van der Waals surface area contributed by atoms with Crippen molar-refractivity contribution in [2.75, 3.05) is 19.6 Å². The van der Waals surface area contributed by atoms with Crippen molar-refractivity contribution in [1.82, 2.24) is 14.7 Å². The van der Waals surface area contributed by atoms with Crippen molar-refractivity contribution in [3.63, 3.8) is 0 Å². The Morgan fingerprint density at radius 2 is 2.15 bits per heavy atom. The van der Waals surface area contributed by atoms with Gasteiger partial charge in [0.05, 0.1) is 23.1 Å². The molecule has 1 saturated carbocycles. The minimum Gasteiger partial charge on any atom is -0.338 e. The van der Waals surface area contributed by atoms with Crippen molar-refractivity contribution in [3.8, 4) is 5.69 Å². The molecule has 1 saturated heterocycles. The number of hydrogen-bond donors (Lipinski definition) is 1. The van der Waals surface area contributed by atoms with E-state index in [0.717, 1.165) is 48.3 Å². The molecular formula is C20H26Cl2N4O. The maximum atomic E-state index is 13.2. The summed E-state index contributed by atoms with van der Waals surface area (Å²) in [4.78, 5) is 15.1. The van der Waals surface area contributed by atoms with Gasteiger partial charge in [-0.1, -0.05) is 24.6 Å². The predicted octanol–water partition coefficient (Wildman–Crippen LogP) is 3.94. The summed E-state index contributed by atoms with van der Waals surface area (Å²) in [5, 5.41) is 5.27. The predicted molar refractivity (Wildman–Crippen MR) is 110 cm³/mol. The fourth-order valence-electron chi connectivity index (χ4n) is 3.73. The van der Waals surface area contributed by atoms with E-state index < -0.39 is 0 Å². The number of nitrogens with two attached hydrogens (primary N) is 1. The molecule has 2 aliphatic rings. The lowest BCUT2D eigenvalue weighted by molar-refractivity contribution is 0.0775. The summed E-state index contributed by atoms with van der Waals surface area (Å²) < 4.78 is 1.90. The van der Waals surface area contributed by atoms with E-state index in [2.05, 4.69) is 12.0 Å². The molecule has 0 bridgehead atoms. The van der Waals surface area contributed by atoms with Crippen molar-refractivity contribution in [2.45, 2.75) is 39.0 Å². The van der Waals surface area contributed by atoms with Gasteiger partial charge in [-0.05, 0) is 55.8 Å². The number of aromatic nitrogens is 2. The van der Waals surface area contributed by atoms with E-state index in [9.17, 15) is 4.79 Å². The quantitative estimate of drug-likeness (QED) is 0.832. The molecule has 1 amide bonds.